The third-order valence-electron chi connectivity index (χ3n) is 3.47. The summed E-state index contributed by atoms with van der Waals surface area (Å²) < 4.78 is 13.2. The predicted octanol–water partition coefficient (Wildman–Crippen LogP) is 1.23. The van der Waals surface area contributed by atoms with Gasteiger partial charge in [-0.1, -0.05) is 12.1 Å². The van der Waals surface area contributed by atoms with Gasteiger partial charge in [-0.15, -0.1) is 0 Å². The summed E-state index contributed by atoms with van der Waals surface area (Å²) in [5.74, 6) is -1.40. The van der Waals surface area contributed by atoms with Gasteiger partial charge in [-0.3, -0.25) is 9.69 Å². The van der Waals surface area contributed by atoms with Gasteiger partial charge in [-0.05, 0) is 30.7 Å². The molecule has 1 heterocycles. The van der Waals surface area contributed by atoms with Gasteiger partial charge in [-0.25, -0.2) is 4.39 Å². The molecule has 1 fully saturated rings. The summed E-state index contributed by atoms with van der Waals surface area (Å²) >= 11 is 0. The Hall–Kier alpha value is -1.46. The number of rotatable bonds is 4. The van der Waals surface area contributed by atoms with Crippen molar-refractivity contribution in [2.24, 2.45) is 11.7 Å². The number of carboxylic acid groups (broad SMARTS) is 1. The molecule has 0 spiro atoms. The Balaban J connectivity index is 2.13. The van der Waals surface area contributed by atoms with Crippen molar-refractivity contribution in [1.82, 2.24) is 4.90 Å². The summed E-state index contributed by atoms with van der Waals surface area (Å²) in [5, 5.41) is 8.98. The number of halogens is 1. The molecule has 2 atom stereocenters. The number of aliphatic carboxylic acids is 1. The van der Waals surface area contributed by atoms with Crippen LogP contribution in [0, 0.1) is 11.7 Å². The SMILES string of the molecule is NC[C@@H](c1cccc(F)c1)N1CC[C@H](C(=O)O)C1. The molecule has 0 saturated carbocycles. The highest BCUT2D eigenvalue weighted by Gasteiger charge is 2.32. The Morgan fingerprint density at radius 2 is 2.39 bits per heavy atom. The van der Waals surface area contributed by atoms with Crippen LogP contribution >= 0.6 is 0 Å². The molecule has 2 rings (SSSR count). The summed E-state index contributed by atoms with van der Waals surface area (Å²) in [6.07, 6.45) is 0.626. The van der Waals surface area contributed by atoms with Crippen LogP contribution in [-0.4, -0.2) is 35.6 Å². The summed E-state index contributed by atoms with van der Waals surface area (Å²) in [6, 6.07) is 6.23. The van der Waals surface area contributed by atoms with Crippen LogP contribution in [0.5, 0.6) is 0 Å². The Labute approximate surface area is 105 Å². The molecule has 0 radical (unpaired) electrons. The molecule has 4 nitrogen and oxygen atoms in total. The molecular formula is C13H17FN2O2. The number of hydrogen-bond donors (Lipinski definition) is 2. The third kappa shape index (κ3) is 2.68. The monoisotopic (exact) mass is 252 g/mol. The number of carbonyl (C=O) groups is 1. The molecule has 0 aromatic heterocycles. The summed E-state index contributed by atoms with van der Waals surface area (Å²) in [5.41, 5.74) is 6.55. The fourth-order valence-electron chi connectivity index (χ4n) is 2.48. The van der Waals surface area contributed by atoms with E-state index in [4.69, 9.17) is 10.8 Å². The molecule has 0 bridgehead atoms. The number of benzene rings is 1. The van der Waals surface area contributed by atoms with Crippen molar-refractivity contribution in [2.75, 3.05) is 19.6 Å². The Bertz CT molecular complexity index is 439. The van der Waals surface area contributed by atoms with Crippen molar-refractivity contribution in [3.8, 4) is 0 Å². The van der Waals surface area contributed by atoms with Gasteiger partial charge in [0.25, 0.3) is 0 Å². The van der Waals surface area contributed by atoms with E-state index in [0.717, 1.165) is 5.56 Å². The summed E-state index contributed by atoms with van der Waals surface area (Å²) in [4.78, 5) is 13.0. The van der Waals surface area contributed by atoms with E-state index in [9.17, 15) is 9.18 Å². The molecular weight excluding hydrogens is 235 g/mol. The first-order chi connectivity index (χ1) is 8.61. The summed E-state index contributed by atoms with van der Waals surface area (Å²) in [7, 11) is 0. The minimum atomic E-state index is -0.771. The van der Waals surface area contributed by atoms with Gasteiger partial charge in [0.2, 0.25) is 0 Å². The maximum Gasteiger partial charge on any atom is 0.307 e. The van der Waals surface area contributed by atoms with Crippen molar-refractivity contribution in [2.45, 2.75) is 12.5 Å². The van der Waals surface area contributed by atoms with Crippen LogP contribution in [-0.2, 0) is 4.79 Å². The molecule has 1 aliphatic rings. The van der Waals surface area contributed by atoms with E-state index in [1.54, 1.807) is 6.07 Å². The number of nitrogens with two attached hydrogens (primary N) is 1. The van der Waals surface area contributed by atoms with Gasteiger partial charge < -0.3 is 10.8 Å². The quantitative estimate of drug-likeness (QED) is 0.846. The Kier molecular flexibility index (Phi) is 3.93. The molecule has 3 N–H and O–H groups in total. The number of likely N-dealkylation sites (tertiary alicyclic amines) is 1. The van der Waals surface area contributed by atoms with Crippen LogP contribution in [0.2, 0.25) is 0 Å². The molecule has 1 aromatic carbocycles. The second-order valence-corrected chi connectivity index (χ2v) is 4.63. The lowest BCUT2D eigenvalue weighted by molar-refractivity contribution is -0.141. The highest BCUT2D eigenvalue weighted by Crippen LogP contribution is 2.27. The van der Waals surface area contributed by atoms with E-state index in [1.807, 2.05) is 11.0 Å². The second-order valence-electron chi connectivity index (χ2n) is 4.63. The molecule has 0 amide bonds. The molecule has 0 unspecified atom stereocenters. The second kappa shape index (κ2) is 5.46. The van der Waals surface area contributed by atoms with Gasteiger partial charge in [0.15, 0.2) is 0 Å². The lowest BCUT2D eigenvalue weighted by Crippen LogP contribution is -2.33. The zero-order chi connectivity index (χ0) is 13.1. The first-order valence-corrected chi connectivity index (χ1v) is 6.04. The van der Waals surface area contributed by atoms with Gasteiger partial charge >= 0.3 is 5.97 Å². The molecule has 1 aromatic rings. The number of nitrogens with zero attached hydrogens (tertiary/aromatic N) is 1. The highest BCUT2D eigenvalue weighted by molar-refractivity contribution is 5.70. The van der Waals surface area contributed by atoms with Crippen LogP contribution in [0.3, 0.4) is 0 Å². The lowest BCUT2D eigenvalue weighted by Gasteiger charge is -2.26. The van der Waals surface area contributed by atoms with E-state index in [0.29, 0.717) is 26.1 Å². The van der Waals surface area contributed by atoms with Crippen LogP contribution < -0.4 is 5.73 Å². The lowest BCUT2D eigenvalue weighted by atomic mass is 10.1. The van der Waals surface area contributed by atoms with E-state index in [2.05, 4.69) is 0 Å². The van der Waals surface area contributed by atoms with Crippen molar-refractivity contribution in [1.29, 1.82) is 0 Å². The van der Waals surface area contributed by atoms with Gasteiger partial charge in [0, 0.05) is 19.1 Å². The van der Waals surface area contributed by atoms with Crippen molar-refractivity contribution in [3.63, 3.8) is 0 Å². The first kappa shape index (κ1) is 13.0. The van der Waals surface area contributed by atoms with E-state index < -0.39 is 5.97 Å². The zero-order valence-electron chi connectivity index (χ0n) is 10.1. The zero-order valence-corrected chi connectivity index (χ0v) is 10.1. The van der Waals surface area contributed by atoms with Crippen molar-refractivity contribution in [3.05, 3.63) is 35.6 Å². The Morgan fingerprint density at radius 3 is 2.94 bits per heavy atom. The van der Waals surface area contributed by atoms with Gasteiger partial charge in [0.1, 0.15) is 5.82 Å². The van der Waals surface area contributed by atoms with E-state index >= 15 is 0 Å². The normalized spacial score (nSPS) is 22.0. The van der Waals surface area contributed by atoms with Crippen LogP contribution in [0.25, 0.3) is 0 Å². The highest BCUT2D eigenvalue weighted by atomic mass is 19.1. The largest absolute Gasteiger partial charge is 0.481 e. The van der Waals surface area contributed by atoms with Crippen molar-refractivity contribution < 1.29 is 14.3 Å². The predicted molar refractivity (Wildman–Crippen MR) is 65.5 cm³/mol. The summed E-state index contributed by atoms with van der Waals surface area (Å²) in [6.45, 7) is 1.53. The third-order valence-corrected chi connectivity index (χ3v) is 3.47. The number of carboxylic acids is 1. The average Bonchev–Trinajstić information content (AvgIpc) is 2.80. The van der Waals surface area contributed by atoms with Crippen LogP contribution in [0.15, 0.2) is 24.3 Å². The smallest absolute Gasteiger partial charge is 0.307 e. The maximum atomic E-state index is 13.2. The fourth-order valence-corrected chi connectivity index (χ4v) is 2.48. The van der Waals surface area contributed by atoms with Crippen LogP contribution in [0.1, 0.15) is 18.0 Å². The molecule has 1 aliphatic heterocycles. The van der Waals surface area contributed by atoms with Gasteiger partial charge in [-0.2, -0.15) is 0 Å². The molecule has 98 valence electrons. The topological polar surface area (TPSA) is 66.6 Å². The van der Waals surface area contributed by atoms with Crippen LogP contribution in [0.4, 0.5) is 4.39 Å². The molecule has 18 heavy (non-hydrogen) atoms. The Morgan fingerprint density at radius 1 is 1.61 bits per heavy atom. The van der Waals surface area contributed by atoms with Crippen molar-refractivity contribution >= 4 is 5.97 Å². The minimum absolute atomic E-state index is 0.106. The number of hydrogen-bond acceptors (Lipinski definition) is 3. The van der Waals surface area contributed by atoms with E-state index in [-0.39, 0.29) is 17.8 Å². The molecule has 5 heteroatoms. The average molecular weight is 252 g/mol. The molecule has 0 aliphatic carbocycles. The van der Waals surface area contributed by atoms with E-state index in [1.165, 1.54) is 12.1 Å². The van der Waals surface area contributed by atoms with Gasteiger partial charge in [0.05, 0.1) is 5.92 Å². The molecule has 1 saturated heterocycles. The minimum Gasteiger partial charge on any atom is -0.481 e. The maximum absolute atomic E-state index is 13.2. The first-order valence-electron chi connectivity index (χ1n) is 6.04. The fraction of sp³-hybridized carbons (Fsp3) is 0.462. The standard InChI is InChI=1S/C13H17FN2O2/c14-11-3-1-2-9(6-11)12(7-15)16-5-4-10(8-16)13(17)18/h1-3,6,10,12H,4-5,7-8,15H2,(H,17,18)/t10-,12-/m0/s1.